The van der Waals surface area contributed by atoms with Gasteiger partial charge in [-0.3, -0.25) is 9.59 Å². The summed E-state index contributed by atoms with van der Waals surface area (Å²) in [5.74, 6) is 1.19. The summed E-state index contributed by atoms with van der Waals surface area (Å²) in [5.41, 5.74) is 5.37. The molecule has 3 aromatic rings. The van der Waals surface area contributed by atoms with Crippen molar-refractivity contribution < 1.29 is 28.1 Å². The van der Waals surface area contributed by atoms with Gasteiger partial charge in [0.2, 0.25) is 0 Å². The van der Waals surface area contributed by atoms with Crippen LogP contribution in [0.5, 0.6) is 11.5 Å². The van der Waals surface area contributed by atoms with Crippen molar-refractivity contribution in [2.75, 3.05) is 14.2 Å². The first-order chi connectivity index (χ1) is 22.6. The van der Waals surface area contributed by atoms with Crippen LogP contribution in [0.3, 0.4) is 0 Å². The molecule has 0 atom stereocenters. The van der Waals surface area contributed by atoms with Gasteiger partial charge >= 0.3 is 20.3 Å². The monoisotopic (exact) mass is 690 g/mol. The van der Waals surface area contributed by atoms with Crippen molar-refractivity contribution in [3.63, 3.8) is 0 Å². The summed E-state index contributed by atoms with van der Waals surface area (Å²) in [6.07, 6.45) is 1.78. The lowest BCUT2D eigenvalue weighted by Crippen LogP contribution is -2.23. The molecule has 0 fully saturated rings. The standard InChI is InChI=1S/C42H59O6P/c1-39(2,3)31-24-28(20-22-35(43)45-13)25-32(40(4,5)6)37(31)47-49(30-18-16-15-17-19-30)48-38-33(41(7,8)9)26-29(21-23-36(44)46-14)27-34(38)42(10,11)12/h15-19,24-27H,20-23H2,1-14H3. The first-order valence-electron chi connectivity index (χ1n) is 17.3. The van der Waals surface area contributed by atoms with E-state index in [0.29, 0.717) is 25.7 Å². The predicted octanol–water partition coefficient (Wildman–Crippen LogP) is 10.2. The van der Waals surface area contributed by atoms with E-state index in [1.807, 2.05) is 18.2 Å². The van der Waals surface area contributed by atoms with Crippen molar-refractivity contribution in [3.8, 4) is 11.5 Å². The van der Waals surface area contributed by atoms with Gasteiger partial charge in [0.05, 0.1) is 19.5 Å². The number of methoxy groups -OCH3 is 2. The summed E-state index contributed by atoms with van der Waals surface area (Å²) in [7, 11) is 1.19. The van der Waals surface area contributed by atoms with Gasteiger partial charge in [0, 0.05) is 35.1 Å². The van der Waals surface area contributed by atoms with Gasteiger partial charge in [-0.05, 0) is 57.8 Å². The van der Waals surface area contributed by atoms with Gasteiger partial charge in [-0.1, -0.05) is 126 Å². The second-order valence-corrected chi connectivity index (χ2v) is 18.4. The van der Waals surface area contributed by atoms with E-state index in [1.54, 1.807) is 0 Å². The zero-order chi connectivity index (χ0) is 36.9. The zero-order valence-corrected chi connectivity index (χ0v) is 33.3. The Morgan fingerprint density at radius 2 is 0.837 bits per heavy atom. The fourth-order valence-corrected chi connectivity index (χ4v) is 7.02. The van der Waals surface area contributed by atoms with Crippen LogP contribution in [-0.4, -0.2) is 26.2 Å². The summed E-state index contributed by atoms with van der Waals surface area (Å²) < 4.78 is 24.4. The van der Waals surface area contributed by atoms with E-state index in [1.165, 1.54) is 14.2 Å². The maximum absolute atomic E-state index is 12.1. The number of hydrogen-bond donors (Lipinski definition) is 0. The Morgan fingerprint density at radius 3 is 1.10 bits per heavy atom. The normalized spacial score (nSPS) is 12.6. The highest BCUT2D eigenvalue weighted by Gasteiger charge is 2.34. The van der Waals surface area contributed by atoms with E-state index in [0.717, 1.165) is 50.2 Å². The zero-order valence-electron chi connectivity index (χ0n) is 32.4. The van der Waals surface area contributed by atoms with Gasteiger partial charge in [-0.15, -0.1) is 0 Å². The predicted molar refractivity (Wildman–Crippen MR) is 203 cm³/mol. The molecule has 0 aromatic heterocycles. The summed E-state index contributed by atoms with van der Waals surface area (Å²) in [6, 6.07) is 18.9. The van der Waals surface area contributed by atoms with E-state index < -0.39 is 8.38 Å². The summed E-state index contributed by atoms with van der Waals surface area (Å²) in [5, 5.41) is 0.960. The SMILES string of the molecule is COC(=O)CCc1cc(C(C)(C)C)c(OP(Oc2c(C(C)(C)C)cc(CCC(=O)OC)cc2C(C)(C)C)c2ccccc2)c(C(C)(C)C)c1. The van der Waals surface area contributed by atoms with Crippen LogP contribution in [0.15, 0.2) is 54.6 Å². The molecular formula is C42H59O6P. The summed E-state index contributed by atoms with van der Waals surface area (Å²) in [6.45, 7) is 26.3. The number of ether oxygens (including phenoxy) is 2. The molecular weight excluding hydrogens is 631 g/mol. The minimum absolute atomic E-state index is 0.225. The molecule has 268 valence electrons. The average molecular weight is 691 g/mol. The van der Waals surface area contributed by atoms with Gasteiger partial charge in [-0.25, -0.2) is 0 Å². The van der Waals surface area contributed by atoms with Crippen LogP contribution in [0.4, 0.5) is 0 Å². The van der Waals surface area contributed by atoms with Gasteiger partial charge in [-0.2, -0.15) is 0 Å². The maximum Gasteiger partial charge on any atom is 0.326 e. The molecule has 6 nitrogen and oxygen atoms in total. The molecule has 3 rings (SSSR count). The minimum atomic E-state index is -1.67. The molecule has 0 radical (unpaired) electrons. The highest BCUT2D eigenvalue weighted by Crippen LogP contribution is 2.51. The van der Waals surface area contributed by atoms with Crippen molar-refractivity contribution in [1.29, 1.82) is 0 Å². The molecule has 49 heavy (non-hydrogen) atoms. The molecule has 0 heterocycles. The first kappa shape index (κ1) is 40.1. The Hall–Kier alpha value is -3.37. The molecule has 0 saturated heterocycles. The lowest BCUT2D eigenvalue weighted by molar-refractivity contribution is -0.141. The number of hydrogen-bond acceptors (Lipinski definition) is 6. The first-order valence-corrected chi connectivity index (χ1v) is 18.4. The van der Waals surface area contributed by atoms with Crippen molar-refractivity contribution in [3.05, 3.63) is 88.0 Å². The lowest BCUT2D eigenvalue weighted by atomic mass is 9.78. The van der Waals surface area contributed by atoms with Crippen LogP contribution in [0.1, 0.15) is 129 Å². The molecule has 0 aliphatic carbocycles. The van der Waals surface area contributed by atoms with Crippen molar-refractivity contribution in [2.45, 2.75) is 130 Å². The van der Waals surface area contributed by atoms with Crippen LogP contribution >= 0.6 is 8.38 Å². The molecule has 0 aliphatic rings. The highest BCUT2D eigenvalue weighted by atomic mass is 31.2. The smallest absolute Gasteiger partial charge is 0.326 e. The molecule has 3 aromatic carbocycles. The fourth-order valence-electron chi connectivity index (χ4n) is 5.63. The molecule has 0 saturated carbocycles. The van der Waals surface area contributed by atoms with Crippen LogP contribution in [0.25, 0.3) is 0 Å². The topological polar surface area (TPSA) is 71.1 Å². The fraction of sp³-hybridized carbons (Fsp3) is 0.524. The summed E-state index contributed by atoms with van der Waals surface area (Å²) >= 11 is 0. The maximum atomic E-state index is 12.1. The number of carbonyl (C=O) groups excluding carboxylic acids is 2. The molecule has 7 heteroatoms. The molecule has 0 bridgehead atoms. The van der Waals surface area contributed by atoms with Gasteiger partial charge in [0.1, 0.15) is 11.5 Å². The number of esters is 2. The van der Waals surface area contributed by atoms with Crippen molar-refractivity contribution in [1.82, 2.24) is 0 Å². The van der Waals surface area contributed by atoms with E-state index in [9.17, 15) is 9.59 Å². The minimum Gasteiger partial charge on any atom is -0.469 e. The number of rotatable bonds is 11. The second kappa shape index (κ2) is 15.7. The third-order valence-electron chi connectivity index (χ3n) is 8.54. The number of carbonyl (C=O) groups is 2. The molecule has 0 N–H and O–H groups in total. The van der Waals surface area contributed by atoms with E-state index in [4.69, 9.17) is 18.5 Å². The van der Waals surface area contributed by atoms with E-state index in [-0.39, 0.29) is 33.6 Å². The largest absolute Gasteiger partial charge is 0.469 e. The third kappa shape index (κ3) is 10.8. The average Bonchev–Trinajstić information content (AvgIpc) is 3.00. The van der Waals surface area contributed by atoms with Gasteiger partial charge in [0.15, 0.2) is 0 Å². The van der Waals surface area contributed by atoms with Gasteiger partial charge < -0.3 is 18.5 Å². The van der Waals surface area contributed by atoms with Crippen molar-refractivity contribution in [2.24, 2.45) is 0 Å². The lowest BCUT2D eigenvalue weighted by Gasteiger charge is -2.34. The molecule has 0 unspecified atom stereocenters. The number of aryl methyl sites for hydroxylation is 2. The molecule has 0 aliphatic heterocycles. The second-order valence-electron chi connectivity index (χ2n) is 17.0. The van der Waals surface area contributed by atoms with Crippen LogP contribution in [0.2, 0.25) is 0 Å². The highest BCUT2D eigenvalue weighted by molar-refractivity contribution is 7.56. The van der Waals surface area contributed by atoms with Crippen LogP contribution in [0, 0.1) is 0 Å². The van der Waals surface area contributed by atoms with Crippen molar-refractivity contribution >= 4 is 25.6 Å². The van der Waals surface area contributed by atoms with Crippen LogP contribution in [-0.2, 0) is 53.6 Å². The Morgan fingerprint density at radius 1 is 0.531 bits per heavy atom. The van der Waals surface area contributed by atoms with Gasteiger partial charge in [0.25, 0.3) is 0 Å². The molecule has 0 spiro atoms. The Labute approximate surface area is 297 Å². The third-order valence-corrected chi connectivity index (χ3v) is 9.95. The molecule has 0 amide bonds. The van der Waals surface area contributed by atoms with E-state index in [2.05, 4.69) is 119 Å². The summed E-state index contributed by atoms with van der Waals surface area (Å²) in [4.78, 5) is 24.2. The quantitative estimate of drug-likeness (QED) is 0.147. The Bertz CT molecular complexity index is 1430. The Kier molecular flexibility index (Phi) is 12.8. The Balaban J connectivity index is 2.31. The number of benzene rings is 3. The van der Waals surface area contributed by atoms with Crippen LogP contribution < -0.4 is 14.4 Å². The van der Waals surface area contributed by atoms with E-state index >= 15 is 0 Å².